The van der Waals surface area contributed by atoms with Crippen LogP contribution >= 0.6 is 0 Å². The summed E-state index contributed by atoms with van der Waals surface area (Å²) in [6.45, 7) is 1.70. The molecule has 3 aliphatic rings. The van der Waals surface area contributed by atoms with Crippen molar-refractivity contribution >= 4 is 11.7 Å². The molecule has 25 heavy (non-hydrogen) atoms. The van der Waals surface area contributed by atoms with Crippen LogP contribution in [0.3, 0.4) is 0 Å². The number of aryl methyl sites for hydroxylation is 1. The minimum atomic E-state index is -0.870. The fourth-order valence-electron chi connectivity index (χ4n) is 4.11. The Kier molecular flexibility index (Phi) is 4.88. The van der Waals surface area contributed by atoms with Crippen LogP contribution < -0.4 is 10.2 Å². The van der Waals surface area contributed by atoms with Crippen molar-refractivity contribution in [3.8, 4) is 0 Å². The number of aliphatic hydroxyl groups excluding tert-OH is 1. The maximum atomic E-state index is 12.1. The monoisotopic (exact) mass is 344 g/mol. The van der Waals surface area contributed by atoms with Gasteiger partial charge in [0.2, 0.25) is 5.91 Å². The molecular weight excluding hydrogens is 316 g/mol. The average Bonchev–Trinajstić information content (AvgIpc) is 3.47. The molecule has 2 heterocycles. The highest BCUT2D eigenvalue weighted by Gasteiger charge is 2.33. The number of amides is 1. The molecule has 1 amide bonds. The molecule has 0 bridgehead atoms. The molecule has 4 rings (SSSR count). The van der Waals surface area contributed by atoms with Gasteiger partial charge in [0.05, 0.1) is 0 Å². The summed E-state index contributed by atoms with van der Waals surface area (Å²) in [6.07, 6.45) is 10.4. The van der Waals surface area contributed by atoms with Gasteiger partial charge in [-0.1, -0.05) is 6.42 Å². The first kappa shape index (κ1) is 16.8. The second kappa shape index (κ2) is 7.28. The number of rotatable bonds is 4. The van der Waals surface area contributed by atoms with Crippen LogP contribution in [0.4, 0.5) is 5.82 Å². The Hall–Kier alpha value is -1.69. The van der Waals surface area contributed by atoms with Crippen molar-refractivity contribution in [3.05, 3.63) is 17.6 Å². The Labute approximate surface area is 149 Å². The predicted octanol–water partition coefficient (Wildman–Crippen LogP) is 1.60. The molecule has 1 aromatic rings. The van der Waals surface area contributed by atoms with Gasteiger partial charge in [0.1, 0.15) is 18.2 Å². The van der Waals surface area contributed by atoms with Crippen LogP contribution in [0.1, 0.15) is 56.2 Å². The first-order chi connectivity index (χ1) is 12.2. The molecule has 0 radical (unpaired) electrons. The molecular formula is C19H28N4O2. The zero-order chi connectivity index (χ0) is 17.2. The zero-order valence-corrected chi connectivity index (χ0v) is 14.8. The van der Waals surface area contributed by atoms with Gasteiger partial charge in [0.25, 0.3) is 0 Å². The summed E-state index contributed by atoms with van der Waals surface area (Å²) in [5.41, 5.74) is 2.54. The van der Waals surface area contributed by atoms with Gasteiger partial charge in [-0.15, -0.1) is 0 Å². The van der Waals surface area contributed by atoms with Crippen LogP contribution in [0.2, 0.25) is 0 Å². The van der Waals surface area contributed by atoms with Crippen LogP contribution in [0.5, 0.6) is 0 Å². The van der Waals surface area contributed by atoms with Crippen LogP contribution in [0, 0.1) is 5.92 Å². The normalized spacial score (nSPS) is 22.8. The van der Waals surface area contributed by atoms with E-state index in [1.165, 1.54) is 30.5 Å². The molecule has 0 spiro atoms. The molecule has 0 aromatic carbocycles. The Morgan fingerprint density at radius 3 is 2.64 bits per heavy atom. The van der Waals surface area contributed by atoms with Gasteiger partial charge in [0, 0.05) is 30.4 Å². The van der Waals surface area contributed by atoms with Gasteiger partial charge in [-0.2, -0.15) is 0 Å². The van der Waals surface area contributed by atoms with Crippen LogP contribution in [-0.4, -0.2) is 46.2 Å². The molecule has 6 heteroatoms. The largest absolute Gasteiger partial charge is 0.383 e. The number of piperidine rings is 1. The van der Waals surface area contributed by atoms with E-state index < -0.39 is 6.10 Å². The topological polar surface area (TPSA) is 78.4 Å². The van der Waals surface area contributed by atoms with Gasteiger partial charge in [-0.3, -0.25) is 4.79 Å². The molecule has 0 unspecified atom stereocenters. The standard InChI is InChI=1S/C19H28N4O2/c24-17(19(25)22-14-6-7-14)13-8-10-23(11-9-13)18-15-4-2-1-3-5-16(15)20-12-21-18/h12-14,17,24H,1-11H2,(H,22,25)/t17-/m0/s1. The lowest BCUT2D eigenvalue weighted by atomic mass is 9.90. The van der Waals surface area contributed by atoms with E-state index in [1.807, 2.05) is 0 Å². The summed E-state index contributed by atoms with van der Waals surface area (Å²) in [5.74, 6) is 0.953. The van der Waals surface area contributed by atoms with Crippen LogP contribution in [0.15, 0.2) is 6.33 Å². The van der Waals surface area contributed by atoms with Gasteiger partial charge in [0.15, 0.2) is 0 Å². The van der Waals surface area contributed by atoms with E-state index in [-0.39, 0.29) is 11.8 Å². The quantitative estimate of drug-likeness (QED) is 0.811. The highest BCUT2D eigenvalue weighted by molar-refractivity contribution is 5.81. The van der Waals surface area contributed by atoms with E-state index in [2.05, 4.69) is 20.2 Å². The number of carbonyl (C=O) groups is 1. The Morgan fingerprint density at radius 1 is 1.12 bits per heavy atom. The van der Waals surface area contributed by atoms with E-state index in [1.54, 1.807) is 6.33 Å². The van der Waals surface area contributed by atoms with Crippen molar-refractivity contribution in [2.45, 2.75) is 69.9 Å². The number of carbonyl (C=O) groups excluding carboxylic acids is 1. The highest BCUT2D eigenvalue weighted by atomic mass is 16.3. The summed E-state index contributed by atoms with van der Waals surface area (Å²) in [4.78, 5) is 23.5. The van der Waals surface area contributed by atoms with Crippen molar-refractivity contribution < 1.29 is 9.90 Å². The molecule has 1 saturated carbocycles. The summed E-state index contributed by atoms with van der Waals surface area (Å²) < 4.78 is 0. The number of aliphatic hydroxyl groups is 1. The fourth-order valence-corrected chi connectivity index (χ4v) is 4.11. The van der Waals surface area contributed by atoms with Crippen molar-refractivity contribution in [2.24, 2.45) is 5.92 Å². The molecule has 2 fully saturated rings. The van der Waals surface area contributed by atoms with Gasteiger partial charge in [-0.05, 0) is 57.3 Å². The van der Waals surface area contributed by atoms with Gasteiger partial charge < -0.3 is 15.3 Å². The molecule has 2 N–H and O–H groups in total. The third-order valence-electron chi connectivity index (χ3n) is 5.83. The van der Waals surface area contributed by atoms with E-state index in [0.29, 0.717) is 6.04 Å². The van der Waals surface area contributed by atoms with Crippen molar-refractivity contribution in [3.63, 3.8) is 0 Å². The second-order valence-corrected chi connectivity index (χ2v) is 7.74. The molecule has 1 aliphatic heterocycles. The molecule has 1 saturated heterocycles. The minimum absolute atomic E-state index is 0.0513. The SMILES string of the molecule is O=C(NC1CC1)[C@@H](O)C1CCN(c2ncnc3c2CCCCC3)CC1. The number of nitrogens with one attached hydrogen (secondary N) is 1. The molecule has 6 nitrogen and oxygen atoms in total. The fraction of sp³-hybridized carbons (Fsp3) is 0.737. The number of anilines is 1. The number of fused-ring (bicyclic) bond motifs is 1. The smallest absolute Gasteiger partial charge is 0.249 e. The highest BCUT2D eigenvalue weighted by Crippen LogP contribution is 2.30. The van der Waals surface area contributed by atoms with E-state index in [4.69, 9.17) is 0 Å². The molecule has 1 atom stereocenters. The van der Waals surface area contributed by atoms with Crippen molar-refractivity contribution in [2.75, 3.05) is 18.0 Å². The summed E-state index contributed by atoms with van der Waals surface area (Å²) in [6, 6.07) is 0.304. The number of hydrogen-bond acceptors (Lipinski definition) is 5. The van der Waals surface area contributed by atoms with E-state index in [0.717, 1.165) is 57.4 Å². The van der Waals surface area contributed by atoms with Gasteiger partial charge >= 0.3 is 0 Å². The molecule has 136 valence electrons. The number of aromatic nitrogens is 2. The van der Waals surface area contributed by atoms with E-state index >= 15 is 0 Å². The van der Waals surface area contributed by atoms with E-state index in [9.17, 15) is 9.90 Å². The maximum absolute atomic E-state index is 12.1. The first-order valence-corrected chi connectivity index (χ1v) is 9.78. The summed E-state index contributed by atoms with van der Waals surface area (Å²) in [5, 5.41) is 13.3. The zero-order valence-electron chi connectivity index (χ0n) is 14.8. The number of nitrogens with zero attached hydrogens (tertiary/aromatic N) is 3. The Balaban J connectivity index is 1.39. The lowest BCUT2D eigenvalue weighted by Gasteiger charge is -2.35. The molecule has 1 aromatic heterocycles. The second-order valence-electron chi connectivity index (χ2n) is 7.74. The van der Waals surface area contributed by atoms with Crippen LogP contribution in [-0.2, 0) is 17.6 Å². The predicted molar refractivity (Wildman–Crippen MR) is 95.4 cm³/mol. The Morgan fingerprint density at radius 2 is 1.88 bits per heavy atom. The minimum Gasteiger partial charge on any atom is -0.383 e. The lowest BCUT2D eigenvalue weighted by Crippen LogP contribution is -2.45. The lowest BCUT2D eigenvalue weighted by molar-refractivity contribution is -0.132. The Bertz CT molecular complexity index is 624. The summed E-state index contributed by atoms with van der Waals surface area (Å²) >= 11 is 0. The molecule has 2 aliphatic carbocycles. The van der Waals surface area contributed by atoms with Crippen molar-refractivity contribution in [1.82, 2.24) is 15.3 Å². The van der Waals surface area contributed by atoms with Crippen LogP contribution in [0.25, 0.3) is 0 Å². The number of hydrogen-bond donors (Lipinski definition) is 2. The summed E-state index contributed by atoms with van der Waals surface area (Å²) in [7, 11) is 0. The average molecular weight is 344 g/mol. The third kappa shape index (κ3) is 3.78. The maximum Gasteiger partial charge on any atom is 0.249 e. The first-order valence-electron chi connectivity index (χ1n) is 9.78. The van der Waals surface area contributed by atoms with Crippen molar-refractivity contribution in [1.29, 1.82) is 0 Å². The van der Waals surface area contributed by atoms with Gasteiger partial charge in [-0.25, -0.2) is 9.97 Å². The third-order valence-corrected chi connectivity index (χ3v) is 5.83.